The molecule has 1 N–H and O–H groups in total. The second-order valence-corrected chi connectivity index (χ2v) is 5.64. The number of carboxylic acids is 1. The summed E-state index contributed by atoms with van der Waals surface area (Å²) in [6.45, 7) is 0. The highest BCUT2D eigenvalue weighted by Crippen LogP contribution is 2.45. The first-order valence-electron chi connectivity index (χ1n) is 5.36. The first-order valence-corrected chi connectivity index (χ1v) is 6.53. The molecule has 0 aromatic heterocycles. The Morgan fingerprint density at radius 1 is 1.41 bits per heavy atom. The zero-order valence-electron chi connectivity index (χ0n) is 8.97. The second kappa shape index (κ2) is 4.58. The predicted octanol–water partition coefficient (Wildman–Crippen LogP) is 4.14. The van der Waals surface area contributed by atoms with Crippen molar-refractivity contribution in [1.29, 1.82) is 0 Å². The van der Waals surface area contributed by atoms with E-state index in [0.29, 0.717) is 22.9 Å². The molecule has 0 unspecified atom stereocenters. The van der Waals surface area contributed by atoms with Crippen molar-refractivity contribution in [3.05, 3.63) is 33.0 Å². The normalized spacial score (nSPS) is 18.3. The maximum atomic E-state index is 13.6. The van der Waals surface area contributed by atoms with Gasteiger partial charge in [-0.05, 0) is 30.5 Å². The molecule has 0 radical (unpaired) electrons. The highest BCUT2D eigenvalue weighted by atomic mass is 79.9. The Hall–Kier alpha value is -0.610. The van der Waals surface area contributed by atoms with Crippen LogP contribution in [0.1, 0.15) is 31.2 Å². The van der Waals surface area contributed by atoms with E-state index in [1.54, 1.807) is 6.07 Å². The lowest BCUT2D eigenvalue weighted by molar-refractivity contribution is -0.143. The van der Waals surface area contributed by atoms with Gasteiger partial charge in [0.05, 0.1) is 10.4 Å². The van der Waals surface area contributed by atoms with Gasteiger partial charge in [-0.25, -0.2) is 4.39 Å². The Bertz CT molecular complexity index is 470. The summed E-state index contributed by atoms with van der Waals surface area (Å²) in [5.41, 5.74) is -0.641. The number of rotatable bonds is 2. The van der Waals surface area contributed by atoms with Gasteiger partial charge in [0.15, 0.2) is 0 Å². The van der Waals surface area contributed by atoms with Crippen molar-refractivity contribution >= 4 is 33.5 Å². The van der Waals surface area contributed by atoms with Gasteiger partial charge in [-0.3, -0.25) is 4.79 Å². The van der Waals surface area contributed by atoms with Crippen molar-refractivity contribution < 1.29 is 14.3 Å². The molecule has 5 heteroatoms. The molecule has 0 aliphatic heterocycles. The van der Waals surface area contributed by atoms with Crippen LogP contribution in [0.3, 0.4) is 0 Å². The summed E-state index contributed by atoms with van der Waals surface area (Å²) < 4.78 is 14.1. The molecule has 1 aliphatic carbocycles. The van der Waals surface area contributed by atoms with Crippen LogP contribution in [0.4, 0.5) is 4.39 Å². The molecular weight excluding hydrogens is 310 g/mol. The van der Waals surface area contributed by atoms with E-state index in [2.05, 4.69) is 15.9 Å². The fraction of sp³-hybridized carbons (Fsp3) is 0.417. The van der Waals surface area contributed by atoms with Crippen molar-refractivity contribution in [2.45, 2.75) is 31.1 Å². The van der Waals surface area contributed by atoms with Crippen molar-refractivity contribution in [3.8, 4) is 0 Å². The summed E-state index contributed by atoms with van der Waals surface area (Å²) in [6, 6.07) is 2.86. The molecule has 1 aliphatic rings. The smallest absolute Gasteiger partial charge is 0.314 e. The second-order valence-electron chi connectivity index (χ2n) is 4.34. The first kappa shape index (κ1) is 12.8. The van der Waals surface area contributed by atoms with Crippen molar-refractivity contribution in [2.24, 2.45) is 0 Å². The lowest BCUT2D eigenvalue weighted by atomic mass is 9.79. The summed E-state index contributed by atoms with van der Waals surface area (Å²) in [7, 11) is 0. The Kier molecular flexibility index (Phi) is 3.46. The van der Waals surface area contributed by atoms with Gasteiger partial charge in [-0.1, -0.05) is 40.4 Å². The zero-order valence-corrected chi connectivity index (χ0v) is 11.3. The molecular formula is C12H11BrClFO2. The molecule has 1 aromatic carbocycles. The minimum absolute atomic E-state index is 0.0718. The van der Waals surface area contributed by atoms with Gasteiger partial charge in [-0.2, -0.15) is 0 Å². The van der Waals surface area contributed by atoms with E-state index < -0.39 is 17.2 Å². The maximum Gasteiger partial charge on any atom is 0.314 e. The van der Waals surface area contributed by atoms with Crippen LogP contribution in [-0.4, -0.2) is 11.1 Å². The van der Waals surface area contributed by atoms with Gasteiger partial charge in [0.1, 0.15) is 5.82 Å². The molecule has 92 valence electrons. The summed E-state index contributed by atoms with van der Waals surface area (Å²) in [4.78, 5) is 11.5. The largest absolute Gasteiger partial charge is 0.481 e. The Morgan fingerprint density at radius 3 is 2.53 bits per heavy atom. The number of hydrogen-bond acceptors (Lipinski definition) is 1. The van der Waals surface area contributed by atoms with Crippen LogP contribution in [0, 0.1) is 5.82 Å². The fourth-order valence-electron chi connectivity index (χ4n) is 2.48. The third-order valence-electron chi connectivity index (χ3n) is 3.38. The van der Waals surface area contributed by atoms with Crippen LogP contribution >= 0.6 is 27.5 Å². The molecule has 1 fully saturated rings. The molecule has 2 nitrogen and oxygen atoms in total. The molecule has 0 amide bonds. The molecule has 1 saturated carbocycles. The molecule has 17 heavy (non-hydrogen) atoms. The lowest BCUT2D eigenvalue weighted by Gasteiger charge is -2.25. The van der Waals surface area contributed by atoms with Gasteiger partial charge in [0.2, 0.25) is 0 Å². The zero-order chi connectivity index (χ0) is 12.6. The van der Waals surface area contributed by atoms with E-state index in [0.717, 1.165) is 12.8 Å². The molecule has 0 saturated heterocycles. The molecule has 0 spiro atoms. The summed E-state index contributed by atoms with van der Waals surface area (Å²) in [5, 5.41) is 9.36. The number of halogens is 3. The first-order chi connectivity index (χ1) is 7.97. The van der Waals surface area contributed by atoms with E-state index >= 15 is 0 Å². The monoisotopic (exact) mass is 320 g/mol. The van der Waals surface area contributed by atoms with Gasteiger partial charge in [-0.15, -0.1) is 0 Å². The maximum absolute atomic E-state index is 13.6. The number of hydrogen-bond donors (Lipinski definition) is 1. The van der Waals surface area contributed by atoms with Crippen LogP contribution in [0.5, 0.6) is 0 Å². The third kappa shape index (κ3) is 2.08. The van der Waals surface area contributed by atoms with Crippen molar-refractivity contribution in [1.82, 2.24) is 0 Å². The Balaban J connectivity index is 2.62. The van der Waals surface area contributed by atoms with E-state index in [9.17, 15) is 14.3 Å². The van der Waals surface area contributed by atoms with E-state index in [1.807, 2.05) is 0 Å². The van der Waals surface area contributed by atoms with E-state index in [-0.39, 0.29) is 5.02 Å². The van der Waals surface area contributed by atoms with Crippen LogP contribution in [0.15, 0.2) is 16.6 Å². The summed E-state index contributed by atoms with van der Waals surface area (Å²) >= 11 is 9.10. The highest BCUT2D eigenvalue weighted by molar-refractivity contribution is 9.10. The number of benzene rings is 1. The van der Waals surface area contributed by atoms with Gasteiger partial charge < -0.3 is 5.11 Å². The van der Waals surface area contributed by atoms with Gasteiger partial charge in [0.25, 0.3) is 0 Å². The van der Waals surface area contributed by atoms with Crippen LogP contribution < -0.4 is 0 Å². The van der Waals surface area contributed by atoms with Crippen LogP contribution in [-0.2, 0) is 10.2 Å². The summed E-state index contributed by atoms with van der Waals surface area (Å²) in [6.07, 6.45) is 2.68. The van der Waals surface area contributed by atoms with Crippen LogP contribution in [0.2, 0.25) is 5.02 Å². The van der Waals surface area contributed by atoms with Gasteiger partial charge >= 0.3 is 5.97 Å². The van der Waals surface area contributed by atoms with Crippen molar-refractivity contribution in [2.75, 3.05) is 0 Å². The molecule has 0 heterocycles. The standard InChI is InChI=1S/C12H11BrClFO2/c13-7-5-8(10(14)9(15)6-7)12(11(16)17)3-1-2-4-12/h5-6H,1-4H2,(H,16,17). The van der Waals surface area contributed by atoms with Crippen LogP contribution in [0.25, 0.3) is 0 Å². The minimum atomic E-state index is -1.03. The number of carbonyl (C=O) groups is 1. The third-order valence-corrected chi connectivity index (χ3v) is 4.22. The fourth-order valence-corrected chi connectivity index (χ4v) is 3.20. The van der Waals surface area contributed by atoms with E-state index in [4.69, 9.17) is 11.6 Å². The SMILES string of the molecule is O=C(O)C1(c2cc(Br)cc(F)c2Cl)CCCC1. The Labute approximate surface area is 112 Å². The topological polar surface area (TPSA) is 37.3 Å². The average Bonchev–Trinajstić information content (AvgIpc) is 2.73. The highest BCUT2D eigenvalue weighted by Gasteiger charge is 2.44. The predicted molar refractivity (Wildman–Crippen MR) is 66.9 cm³/mol. The molecule has 0 atom stereocenters. The molecule has 1 aromatic rings. The minimum Gasteiger partial charge on any atom is -0.481 e. The average molecular weight is 322 g/mol. The summed E-state index contributed by atoms with van der Waals surface area (Å²) in [5.74, 6) is -1.50. The molecule has 2 rings (SSSR count). The number of aliphatic carboxylic acids is 1. The number of carboxylic acid groups (broad SMARTS) is 1. The van der Waals surface area contributed by atoms with Crippen molar-refractivity contribution in [3.63, 3.8) is 0 Å². The molecule has 0 bridgehead atoms. The van der Waals surface area contributed by atoms with E-state index in [1.165, 1.54) is 6.07 Å². The van der Waals surface area contributed by atoms with Gasteiger partial charge in [0, 0.05) is 4.47 Å². The lowest BCUT2D eigenvalue weighted by Crippen LogP contribution is -2.33. The Morgan fingerprint density at radius 2 is 2.00 bits per heavy atom. The quantitative estimate of drug-likeness (QED) is 0.831.